The number of primary amides is 1. The zero-order valence-corrected chi connectivity index (χ0v) is 13.1. The molecule has 0 saturated carbocycles. The number of hydrogen-bond donors (Lipinski definition) is 3. The summed E-state index contributed by atoms with van der Waals surface area (Å²) in [6.07, 6.45) is -1.19. The van der Waals surface area contributed by atoms with Gasteiger partial charge in [-0.3, -0.25) is 4.79 Å². The van der Waals surface area contributed by atoms with Crippen molar-refractivity contribution in [2.45, 2.75) is 19.6 Å². The zero-order valence-electron chi connectivity index (χ0n) is 11.5. The molecule has 1 aromatic carbocycles. The van der Waals surface area contributed by atoms with Gasteiger partial charge in [0.1, 0.15) is 6.10 Å². The van der Waals surface area contributed by atoms with Gasteiger partial charge in [-0.15, -0.1) is 0 Å². The Balaban J connectivity index is 2.72. The van der Waals surface area contributed by atoms with Crippen LogP contribution in [0.4, 0.5) is 0 Å². The summed E-state index contributed by atoms with van der Waals surface area (Å²) in [4.78, 5) is 10.7. The number of benzene rings is 1. The molecular weight excluding hydrogens is 328 g/mol. The summed E-state index contributed by atoms with van der Waals surface area (Å²) >= 11 is 3.43. The summed E-state index contributed by atoms with van der Waals surface area (Å²) in [6, 6.07) is 3.72. The first-order chi connectivity index (χ1) is 9.49. The summed E-state index contributed by atoms with van der Waals surface area (Å²) in [5, 5.41) is 12.2. The van der Waals surface area contributed by atoms with Crippen molar-refractivity contribution in [1.82, 2.24) is 5.32 Å². The fraction of sp³-hybridized carbons (Fsp3) is 0.462. The minimum Gasteiger partial charge on any atom is -0.493 e. The number of nitrogens with two attached hydrogens (primary N) is 1. The first-order valence-corrected chi connectivity index (χ1v) is 6.96. The maximum absolute atomic E-state index is 10.7. The van der Waals surface area contributed by atoms with Gasteiger partial charge in [0.15, 0.2) is 11.5 Å². The van der Waals surface area contributed by atoms with Crippen LogP contribution < -0.4 is 20.5 Å². The minimum atomic E-state index is -1.19. The molecule has 0 aromatic heterocycles. The van der Waals surface area contributed by atoms with Crippen molar-refractivity contribution in [3.63, 3.8) is 0 Å². The van der Waals surface area contributed by atoms with Crippen molar-refractivity contribution in [3.05, 3.63) is 22.2 Å². The number of carbonyl (C=O) groups is 1. The Morgan fingerprint density at radius 1 is 1.55 bits per heavy atom. The Kier molecular flexibility index (Phi) is 6.77. The van der Waals surface area contributed by atoms with E-state index in [1.165, 1.54) is 0 Å². The second kappa shape index (κ2) is 8.08. The van der Waals surface area contributed by atoms with Gasteiger partial charge in [0.05, 0.1) is 18.2 Å². The Hall–Kier alpha value is -1.31. The molecule has 0 spiro atoms. The van der Waals surface area contributed by atoms with E-state index in [9.17, 15) is 9.90 Å². The number of ether oxygens (including phenoxy) is 2. The third-order valence-corrected chi connectivity index (χ3v) is 3.16. The summed E-state index contributed by atoms with van der Waals surface area (Å²) in [7, 11) is 1.57. The summed E-state index contributed by atoms with van der Waals surface area (Å²) < 4.78 is 11.6. The topological polar surface area (TPSA) is 93.8 Å². The van der Waals surface area contributed by atoms with Gasteiger partial charge < -0.3 is 25.6 Å². The SMILES string of the molecule is CCOc1c(Br)cc(CNCC(O)C(N)=O)cc1OC. The van der Waals surface area contributed by atoms with Crippen LogP contribution in [0.15, 0.2) is 16.6 Å². The molecule has 20 heavy (non-hydrogen) atoms. The monoisotopic (exact) mass is 346 g/mol. The van der Waals surface area contributed by atoms with Crippen molar-refractivity contribution in [2.75, 3.05) is 20.3 Å². The lowest BCUT2D eigenvalue weighted by atomic mass is 10.2. The molecule has 112 valence electrons. The van der Waals surface area contributed by atoms with E-state index in [1.807, 2.05) is 19.1 Å². The van der Waals surface area contributed by atoms with Gasteiger partial charge in [0, 0.05) is 13.1 Å². The summed E-state index contributed by atoms with van der Waals surface area (Å²) in [5.41, 5.74) is 5.89. The molecule has 6 nitrogen and oxygen atoms in total. The number of carbonyl (C=O) groups excluding carboxylic acids is 1. The molecule has 0 fully saturated rings. The van der Waals surface area contributed by atoms with Gasteiger partial charge in [-0.2, -0.15) is 0 Å². The Morgan fingerprint density at radius 2 is 2.25 bits per heavy atom. The van der Waals surface area contributed by atoms with Crippen molar-refractivity contribution >= 4 is 21.8 Å². The largest absolute Gasteiger partial charge is 0.493 e. The van der Waals surface area contributed by atoms with E-state index in [-0.39, 0.29) is 6.54 Å². The van der Waals surface area contributed by atoms with E-state index < -0.39 is 12.0 Å². The van der Waals surface area contributed by atoms with Crippen molar-refractivity contribution in [2.24, 2.45) is 5.73 Å². The summed E-state index contributed by atoms with van der Waals surface area (Å²) in [5.74, 6) is 0.521. The maximum atomic E-state index is 10.7. The number of rotatable bonds is 8. The van der Waals surface area contributed by atoms with Crippen LogP contribution in [-0.2, 0) is 11.3 Å². The predicted molar refractivity (Wildman–Crippen MR) is 78.8 cm³/mol. The molecule has 0 saturated heterocycles. The third-order valence-electron chi connectivity index (χ3n) is 2.57. The van der Waals surface area contributed by atoms with Crippen LogP contribution in [0.5, 0.6) is 11.5 Å². The van der Waals surface area contributed by atoms with E-state index in [1.54, 1.807) is 7.11 Å². The van der Waals surface area contributed by atoms with E-state index in [0.717, 1.165) is 10.0 Å². The zero-order chi connectivity index (χ0) is 15.1. The molecule has 0 heterocycles. The molecule has 0 aliphatic heterocycles. The van der Waals surface area contributed by atoms with Crippen LogP contribution in [0.25, 0.3) is 0 Å². The van der Waals surface area contributed by atoms with Crippen LogP contribution in [0.1, 0.15) is 12.5 Å². The molecule has 0 bridgehead atoms. The highest BCUT2D eigenvalue weighted by atomic mass is 79.9. The molecule has 1 atom stereocenters. The number of amides is 1. The average molecular weight is 347 g/mol. The van der Waals surface area contributed by atoms with Crippen LogP contribution in [0.3, 0.4) is 0 Å². The van der Waals surface area contributed by atoms with Crippen LogP contribution in [-0.4, -0.2) is 37.4 Å². The fourth-order valence-corrected chi connectivity index (χ4v) is 2.22. The highest BCUT2D eigenvalue weighted by Gasteiger charge is 2.13. The molecule has 0 aliphatic carbocycles. The summed E-state index contributed by atoms with van der Waals surface area (Å²) in [6.45, 7) is 3.00. The highest BCUT2D eigenvalue weighted by Crippen LogP contribution is 2.36. The predicted octanol–water partition coefficient (Wildman–Crippen LogP) is 0.792. The molecule has 7 heteroatoms. The molecule has 1 aromatic rings. The number of nitrogens with one attached hydrogen (secondary N) is 1. The van der Waals surface area contributed by atoms with Gasteiger partial charge in [0.2, 0.25) is 5.91 Å². The lowest BCUT2D eigenvalue weighted by Gasteiger charge is -2.14. The van der Waals surface area contributed by atoms with Gasteiger partial charge >= 0.3 is 0 Å². The normalized spacial score (nSPS) is 12.0. The Bertz CT molecular complexity index is 468. The second-order valence-corrected chi connectivity index (χ2v) is 4.95. The van der Waals surface area contributed by atoms with Gasteiger partial charge in [0.25, 0.3) is 0 Å². The van der Waals surface area contributed by atoms with Crippen LogP contribution in [0.2, 0.25) is 0 Å². The number of aliphatic hydroxyl groups excluding tert-OH is 1. The molecule has 0 aliphatic rings. The Labute approximate surface area is 126 Å². The number of hydrogen-bond acceptors (Lipinski definition) is 5. The molecule has 0 radical (unpaired) electrons. The quantitative estimate of drug-likeness (QED) is 0.647. The fourth-order valence-electron chi connectivity index (χ4n) is 1.61. The smallest absolute Gasteiger partial charge is 0.247 e. The number of aliphatic hydroxyl groups is 1. The maximum Gasteiger partial charge on any atom is 0.247 e. The van der Waals surface area contributed by atoms with Crippen molar-refractivity contribution < 1.29 is 19.4 Å². The second-order valence-electron chi connectivity index (χ2n) is 4.09. The average Bonchev–Trinajstić information content (AvgIpc) is 2.41. The third kappa shape index (κ3) is 4.66. The molecule has 1 unspecified atom stereocenters. The molecule has 1 amide bonds. The van der Waals surface area contributed by atoms with E-state index in [2.05, 4.69) is 21.2 Å². The number of halogens is 1. The van der Waals surface area contributed by atoms with E-state index >= 15 is 0 Å². The highest BCUT2D eigenvalue weighted by molar-refractivity contribution is 9.10. The lowest BCUT2D eigenvalue weighted by molar-refractivity contribution is -0.125. The van der Waals surface area contributed by atoms with Gasteiger partial charge in [-0.25, -0.2) is 0 Å². The first kappa shape index (κ1) is 16.7. The lowest BCUT2D eigenvalue weighted by Crippen LogP contribution is -2.37. The standard InChI is InChI=1S/C13H19BrN2O4/c1-3-20-12-9(14)4-8(5-11(12)19-2)6-16-7-10(17)13(15)18/h4-5,10,16-17H,3,6-7H2,1-2H3,(H2,15,18). The van der Waals surface area contributed by atoms with Crippen LogP contribution >= 0.6 is 15.9 Å². The molecular formula is C13H19BrN2O4. The Morgan fingerprint density at radius 3 is 2.80 bits per heavy atom. The van der Waals surface area contributed by atoms with E-state index in [4.69, 9.17) is 15.2 Å². The van der Waals surface area contributed by atoms with Gasteiger partial charge in [-0.1, -0.05) is 0 Å². The minimum absolute atomic E-state index is 0.0997. The van der Waals surface area contributed by atoms with Crippen molar-refractivity contribution in [3.8, 4) is 11.5 Å². The van der Waals surface area contributed by atoms with Gasteiger partial charge in [-0.05, 0) is 40.5 Å². The molecule has 1 rings (SSSR count). The first-order valence-electron chi connectivity index (χ1n) is 6.16. The van der Waals surface area contributed by atoms with E-state index in [0.29, 0.717) is 24.7 Å². The van der Waals surface area contributed by atoms with Crippen LogP contribution in [0, 0.1) is 0 Å². The van der Waals surface area contributed by atoms with Crippen molar-refractivity contribution in [1.29, 1.82) is 0 Å². The number of methoxy groups -OCH3 is 1. The molecule has 4 N–H and O–H groups in total.